The average molecular weight is 526 g/mol. The number of amides is 2. The zero-order valence-electron chi connectivity index (χ0n) is 21.2. The summed E-state index contributed by atoms with van der Waals surface area (Å²) in [5, 5.41) is 3.97. The Hall–Kier alpha value is -2.82. The molecule has 1 unspecified atom stereocenters. The monoisotopic (exact) mass is 524 g/mol. The normalized spacial score (nSPS) is 11.7. The van der Waals surface area contributed by atoms with Crippen LogP contribution < -0.4 is 5.32 Å². The Morgan fingerprint density at radius 2 is 1.58 bits per heavy atom. The van der Waals surface area contributed by atoms with Gasteiger partial charge in [0.2, 0.25) is 11.8 Å². The van der Waals surface area contributed by atoms with Crippen molar-refractivity contribution in [1.82, 2.24) is 10.2 Å². The van der Waals surface area contributed by atoms with E-state index in [1.54, 1.807) is 23.1 Å². The first kappa shape index (κ1) is 27.8. The van der Waals surface area contributed by atoms with Gasteiger partial charge < -0.3 is 10.2 Å². The van der Waals surface area contributed by atoms with Gasteiger partial charge in [0.1, 0.15) is 6.04 Å². The summed E-state index contributed by atoms with van der Waals surface area (Å²) in [5.41, 5.74) is 4.81. The Bertz CT molecular complexity index is 1160. The molecule has 0 aliphatic heterocycles. The van der Waals surface area contributed by atoms with E-state index in [1.807, 2.05) is 62.4 Å². The number of nitrogens with one attached hydrogen (secondary N) is 1. The van der Waals surface area contributed by atoms with Gasteiger partial charge in [0.15, 0.2) is 0 Å². The van der Waals surface area contributed by atoms with Crippen LogP contribution in [0.1, 0.15) is 47.6 Å². The fourth-order valence-corrected chi connectivity index (χ4v) is 4.62. The van der Waals surface area contributed by atoms with Gasteiger partial charge in [-0.15, -0.1) is 0 Å². The summed E-state index contributed by atoms with van der Waals surface area (Å²) in [5.74, 6) is -0.329. The summed E-state index contributed by atoms with van der Waals surface area (Å²) >= 11 is 13.0. The second-order valence-electron chi connectivity index (χ2n) is 9.17. The Morgan fingerprint density at radius 3 is 2.22 bits per heavy atom. The number of rotatable bonds is 11. The maximum Gasteiger partial charge on any atom is 0.243 e. The van der Waals surface area contributed by atoms with E-state index in [4.69, 9.17) is 23.2 Å². The molecule has 0 aliphatic rings. The van der Waals surface area contributed by atoms with Gasteiger partial charge in [-0.05, 0) is 54.7 Å². The first-order chi connectivity index (χ1) is 17.3. The molecule has 0 saturated heterocycles. The summed E-state index contributed by atoms with van der Waals surface area (Å²) in [7, 11) is 0. The third-order valence-corrected chi connectivity index (χ3v) is 7.13. The van der Waals surface area contributed by atoms with Gasteiger partial charge >= 0.3 is 0 Å². The first-order valence-corrected chi connectivity index (χ1v) is 13.2. The lowest BCUT2D eigenvalue weighted by atomic mass is 10.00. The van der Waals surface area contributed by atoms with E-state index in [0.717, 1.165) is 29.5 Å². The molecule has 0 radical (unpaired) electrons. The number of carbonyl (C=O) groups is 2. The van der Waals surface area contributed by atoms with Crippen molar-refractivity contribution >= 4 is 35.0 Å². The largest absolute Gasteiger partial charge is 0.354 e. The standard InChI is InChI=1S/C30H34Cl2N2O2/c1-4-5-16-33-30(36)28(18-23-10-7-6-8-11-23)34(20-25-26(31)12-9-13-27(25)32)29(35)19-24-15-14-21(2)22(3)17-24/h6-15,17,28H,4-5,16,18-20H2,1-3H3,(H,33,36). The number of benzene rings is 3. The number of carbonyl (C=O) groups excluding carboxylic acids is 2. The maximum absolute atomic E-state index is 13.9. The van der Waals surface area contributed by atoms with E-state index in [-0.39, 0.29) is 24.8 Å². The second-order valence-corrected chi connectivity index (χ2v) is 9.98. The fraction of sp³-hybridized carbons (Fsp3) is 0.333. The van der Waals surface area contributed by atoms with Crippen molar-refractivity contribution in [2.75, 3.05) is 6.54 Å². The molecule has 3 rings (SSSR count). The van der Waals surface area contributed by atoms with Crippen LogP contribution in [0.5, 0.6) is 0 Å². The Kier molecular flexibility index (Phi) is 10.4. The molecule has 2 amide bonds. The SMILES string of the molecule is CCCCNC(=O)C(Cc1ccccc1)N(Cc1c(Cl)cccc1Cl)C(=O)Cc1ccc(C)c(C)c1. The van der Waals surface area contributed by atoms with Crippen molar-refractivity contribution in [3.8, 4) is 0 Å². The lowest BCUT2D eigenvalue weighted by Crippen LogP contribution is -2.51. The van der Waals surface area contributed by atoms with Crippen LogP contribution in [0.25, 0.3) is 0 Å². The third kappa shape index (κ3) is 7.59. The van der Waals surface area contributed by atoms with Crippen LogP contribution in [-0.2, 0) is 29.0 Å². The Balaban J connectivity index is 2.00. The van der Waals surface area contributed by atoms with E-state index < -0.39 is 6.04 Å². The lowest BCUT2D eigenvalue weighted by molar-refractivity contribution is -0.140. The second kappa shape index (κ2) is 13.5. The molecule has 0 aliphatic carbocycles. The topological polar surface area (TPSA) is 49.4 Å². The molecule has 3 aromatic carbocycles. The number of unbranched alkanes of at least 4 members (excludes halogenated alkanes) is 1. The maximum atomic E-state index is 13.9. The lowest BCUT2D eigenvalue weighted by Gasteiger charge is -2.32. The zero-order valence-corrected chi connectivity index (χ0v) is 22.7. The minimum absolute atomic E-state index is 0.140. The molecule has 0 fully saturated rings. The van der Waals surface area contributed by atoms with Crippen LogP contribution in [0.4, 0.5) is 0 Å². The zero-order chi connectivity index (χ0) is 26.1. The van der Waals surface area contributed by atoms with Gasteiger partial charge in [0.25, 0.3) is 0 Å². The number of halogens is 2. The van der Waals surface area contributed by atoms with Crippen molar-refractivity contribution in [1.29, 1.82) is 0 Å². The van der Waals surface area contributed by atoms with Crippen molar-refractivity contribution in [3.05, 3.63) is 105 Å². The summed E-state index contributed by atoms with van der Waals surface area (Å²) < 4.78 is 0. The van der Waals surface area contributed by atoms with Crippen LogP contribution in [-0.4, -0.2) is 29.3 Å². The van der Waals surface area contributed by atoms with E-state index in [2.05, 4.69) is 12.2 Å². The summed E-state index contributed by atoms with van der Waals surface area (Å²) in [4.78, 5) is 29.0. The first-order valence-electron chi connectivity index (χ1n) is 12.4. The van der Waals surface area contributed by atoms with Crippen LogP contribution in [0.3, 0.4) is 0 Å². The molecular formula is C30H34Cl2N2O2. The minimum Gasteiger partial charge on any atom is -0.354 e. The van der Waals surface area contributed by atoms with Crippen LogP contribution >= 0.6 is 23.2 Å². The van der Waals surface area contributed by atoms with Gasteiger partial charge in [-0.3, -0.25) is 9.59 Å². The molecule has 0 heterocycles. The van der Waals surface area contributed by atoms with Gasteiger partial charge in [-0.2, -0.15) is 0 Å². The highest BCUT2D eigenvalue weighted by molar-refractivity contribution is 6.36. The Morgan fingerprint density at radius 1 is 0.889 bits per heavy atom. The van der Waals surface area contributed by atoms with Gasteiger partial charge in [0.05, 0.1) is 6.42 Å². The molecule has 0 bridgehead atoms. The van der Waals surface area contributed by atoms with Crippen LogP contribution in [0.15, 0.2) is 66.7 Å². The highest BCUT2D eigenvalue weighted by atomic mass is 35.5. The fourth-order valence-electron chi connectivity index (χ4n) is 4.10. The Labute approximate surface area is 224 Å². The highest BCUT2D eigenvalue weighted by Crippen LogP contribution is 2.27. The molecule has 4 nitrogen and oxygen atoms in total. The predicted molar refractivity (Wildman–Crippen MR) is 148 cm³/mol. The van der Waals surface area contributed by atoms with Crippen molar-refractivity contribution < 1.29 is 9.59 Å². The van der Waals surface area contributed by atoms with Crippen LogP contribution in [0.2, 0.25) is 10.0 Å². The van der Waals surface area contributed by atoms with Gasteiger partial charge in [-0.25, -0.2) is 0 Å². The molecule has 190 valence electrons. The van der Waals surface area contributed by atoms with E-state index in [9.17, 15) is 9.59 Å². The predicted octanol–water partition coefficient (Wildman–Crippen LogP) is 6.71. The van der Waals surface area contributed by atoms with Gasteiger partial charge in [0, 0.05) is 35.1 Å². The molecule has 3 aromatic rings. The van der Waals surface area contributed by atoms with Crippen molar-refractivity contribution in [2.45, 2.75) is 59.0 Å². The summed E-state index contributed by atoms with van der Waals surface area (Å²) in [6.07, 6.45) is 2.40. The molecule has 36 heavy (non-hydrogen) atoms. The van der Waals surface area contributed by atoms with E-state index in [1.165, 1.54) is 5.56 Å². The van der Waals surface area contributed by atoms with Gasteiger partial charge in [-0.1, -0.05) is 91.1 Å². The van der Waals surface area contributed by atoms with Crippen molar-refractivity contribution in [2.24, 2.45) is 0 Å². The number of hydrogen-bond acceptors (Lipinski definition) is 2. The smallest absolute Gasteiger partial charge is 0.243 e. The molecule has 0 spiro atoms. The van der Waals surface area contributed by atoms with E-state index in [0.29, 0.717) is 28.6 Å². The number of aryl methyl sites for hydroxylation is 2. The highest BCUT2D eigenvalue weighted by Gasteiger charge is 2.31. The molecule has 1 N–H and O–H groups in total. The molecule has 0 saturated carbocycles. The van der Waals surface area contributed by atoms with Crippen LogP contribution in [0, 0.1) is 13.8 Å². The number of hydrogen-bond donors (Lipinski definition) is 1. The molecule has 1 atom stereocenters. The van der Waals surface area contributed by atoms with E-state index >= 15 is 0 Å². The third-order valence-electron chi connectivity index (χ3n) is 6.42. The molecule has 6 heteroatoms. The molecular weight excluding hydrogens is 491 g/mol. The summed E-state index contributed by atoms with van der Waals surface area (Å²) in [6.45, 7) is 6.85. The quantitative estimate of drug-likeness (QED) is 0.283. The summed E-state index contributed by atoms with van der Waals surface area (Å²) in [6, 6.07) is 20.3. The number of nitrogens with zero attached hydrogens (tertiary/aromatic N) is 1. The minimum atomic E-state index is -0.712. The molecule has 0 aromatic heterocycles. The average Bonchev–Trinajstić information content (AvgIpc) is 2.86. The van der Waals surface area contributed by atoms with Crippen molar-refractivity contribution in [3.63, 3.8) is 0 Å².